The van der Waals surface area contributed by atoms with Crippen molar-refractivity contribution >= 4 is 5.91 Å². The Hall–Kier alpha value is -2.14. The summed E-state index contributed by atoms with van der Waals surface area (Å²) in [6, 6.07) is 9.52. The molecule has 3 N–H and O–H groups in total. The van der Waals surface area contributed by atoms with Crippen LogP contribution >= 0.6 is 0 Å². The van der Waals surface area contributed by atoms with Crippen molar-refractivity contribution in [3.05, 3.63) is 53.3 Å². The van der Waals surface area contributed by atoms with Gasteiger partial charge in [0.15, 0.2) is 0 Å². The van der Waals surface area contributed by atoms with Gasteiger partial charge in [0.25, 0.3) is 5.91 Å². The topological polar surface area (TPSA) is 72.9 Å². The molecule has 1 atom stereocenters. The highest BCUT2D eigenvalue weighted by Crippen LogP contribution is 2.13. The van der Waals surface area contributed by atoms with Crippen LogP contribution in [-0.4, -0.2) is 15.7 Å². The minimum absolute atomic E-state index is 0.0682. The van der Waals surface area contributed by atoms with E-state index in [4.69, 9.17) is 5.73 Å². The molecule has 19 heavy (non-hydrogen) atoms. The van der Waals surface area contributed by atoms with Gasteiger partial charge in [-0.3, -0.25) is 9.48 Å². The number of hydrogen-bond donors (Lipinski definition) is 2. The van der Waals surface area contributed by atoms with E-state index in [0.717, 1.165) is 11.1 Å². The van der Waals surface area contributed by atoms with E-state index in [1.807, 2.05) is 31.2 Å². The highest BCUT2D eigenvalue weighted by Gasteiger charge is 2.13. The average Bonchev–Trinajstić information content (AvgIpc) is 2.85. The third kappa shape index (κ3) is 3.20. The van der Waals surface area contributed by atoms with Gasteiger partial charge < -0.3 is 11.1 Å². The van der Waals surface area contributed by atoms with Crippen molar-refractivity contribution in [2.75, 3.05) is 0 Å². The zero-order chi connectivity index (χ0) is 13.8. The Kier molecular flexibility index (Phi) is 3.97. The van der Waals surface area contributed by atoms with E-state index in [2.05, 4.69) is 10.4 Å². The predicted octanol–water partition coefficient (Wildman–Crippen LogP) is 1.37. The maximum absolute atomic E-state index is 12.0. The van der Waals surface area contributed by atoms with E-state index in [-0.39, 0.29) is 11.9 Å². The maximum Gasteiger partial charge on any atom is 0.272 e. The monoisotopic (exact) mass is 258 g/mol. The number of nitrogens with zero attached hydrogens (tertiary/aromatic N) is 2. The lowest BCUT2D eigenvalue weighted by Crippen LogP contribution is -2.27. The summed E-state index contributed by atoms with van der Waals surface area (Å²) in [4.78, 5) is 12.0. The van der Waals surface area contributed by atoms with Crippen LogP contribution in [0.25, 0.3) is 0 Å². The minimum atomic E-state index is -0.170. The molecule has 1 heterocycles. The SMILES string of the molecule is CC(NC(=O)c1ccn(C)n1)c1ccc(CN)cc1. The second-order valence-electron chi connectivity index (χ2n) is 4.52. The fourth-order valence-corrected chi connectivity index (χ4v) is 1.83. The summed E-state index contributed by atoms with van der Waals surface area (Å²) in [7, 11) is 1.78. The van der Waals surface area contributed by atoms with Crippen LogP contribution in [0.5, 0.6) is 0 Å². The van der Waals surface area contributed by atoms with Gasteiger partial charge in [0, 0.05) is 19.8 Å². The van der Waals surface area contributed by atoms with Crippen molar-refractivity contribution in [1.29, 1.82) is 0 Å². The van der Waals surface area contributed by atoms with E-state index in [0.29, 0.717) is 12.2 Å². The van der Waals surface area contributed by atoms with Crippen LogP contribution in [0.2, 0.25) is 0 Å². The normalized spacial score (nSPS) is 12.2. The molecule has 100 valence electrons. The van der Waals surface area contributed by atoms with Gasteiger partial charge in [0.1, 0.15) is 5.69 Å². The zero-order valence-electron chi connectivity index (χ0n) is 11.1. The number of hydrogen-bond acceptors (Lipinski definition) is 3. The number of carbonyl (C=O) groups is 1. The molecule has 0 radical (unpaired) electrons. The smallest absolute Gasteiger partial charge is 0.272 e. The number of aryl methyl sites for hydroxylation is 1. The number of amides is 1. The van der Waals surface area contributed by atoms with Crippen LogP contribution in [0.1, 0.15) is 34.6 Å². The van der Waals surface area contributed by atoms with Crippen molar-refractivity contribution in [2.45, 2.75) is 19.5 Å². The fraction of sp³-hybridized carbons (Fsp3) is 0.286. The zero-order valence-corrected chi connectivity index (χ0v) is 11.1. The van der Waals surface area contributed by atoms with Gasteiger partial charge >= 0.3 is 0 Å². The molecule has 1 amide bonds. The summed E-state index contributed by atoms with van der Waals surface area (Å²) < 4.78 is 1.61. The maximum atomic E-state index is 12.0. The lowest BCUT2D eigenvalue weighted by Gasteiger charge is -2.13. The Balaban J connectivity index is 2.03. The molecule has 0 saturated carbocycles. The summed E-state index contributed by atoms with van der Waals surface area (Å²) in [5, 5.41) is 6.99. The second kappa shape index (κ2) is 5.67. The van der Waals surface area contributed by atoms with Crippen molar-refractivity contribution in [3.8, 4) is 0 Å². The summed E-state index contributed by atoms with van der Waals surface area (Å²) in [5.41, 5.74) is 8.10. The molecule has 1 aromatic carbocycles. The van der Waals surface area contributed by atoms with Gasteiger partial charge in [-0.15, -0.1) is 0 Å². The van der Waals surface area contributed by atoms with Gasteiger partial charge in [-0.25, -0.2) is 0 Å². The predicted molar refractivity (Wildman–Crippen MR) is 73.4 cm³/mol. The van der Waals surface area contributed by atoms with E-state index < -0.39 is 0 Å². The summed E-state index contributed by atoms with van der Waals surface area (Å²) in [6.07, 6.45) is 1.75. The molecule has 0 aliphatic carbocycles. The molecule has 0 bridgehead atoms. The third-order valence-electron chi connectivity index (χ3n) is 3.01. The molecule has 1 unspecified atom stereocenters. The number of aromatic nitrogens is 2. The van der Waals surface area contributed by atoms with Crippen LogP contribution in [0, 0.1) is 0 Å². The molecule has 0 spiro atoms. The van der Waals surface area contributed by atoms with Gasteiger partial charge in [-0.2, -0.15) is 5.10 Å². The van der Waals surface area contributed by atoms with E-state index in [1.54, 1.807) is 24.0 Å². The van der Waals surface area contributed by atoms with Gasteiger partial charge in [-0.05, 0) is 24.1 Å². The summed E-state index contributed by atoms with van der Waals surface area (Å²) in [5.74, 6) is -0.170. The van der Waals surface area contributed by atoms with Crippen LogP contribution in [0.3, 0.4) is 0 Å². The summed E-state index contributed by atoms with van der Waals surface area (Å²) >= 11 is 0. The molecule has 5 nitrogen and oxygen atoms in total. The standard InChI is InChI=1S/C14H18N4O/c1-10(12-5-3-11(9-15)4-6-12)16-14(19)13-7-8-18(2)17-13/h3-8,10H,9,15H2,1-2H3,(H,16,19). The first-order valence-corrected chi connectivity index (χ1v) is 6.19. The molecular weight excluding hydrogens is 240 g/mol. The molecule has 5 heteroatoms. The lowest BCUT2D eigenvalue weighted by atomic mass is 10.1. The Morgan fingerprint density at radius 3 is 2.58 bits per heavy atom. The molecule has 1 aromatic heterocycles. The Bertz CT molecular complexity index is 559. The van der Waals surface area contributed by atoms with Crippen LogP contribution in [-0.2, 0) is 13.6 Å². The van der Waals surface area contributed by atoms with Gasteiger partial charge in [0.05, 0.1) is 6.04 Å². The van der Waals surface area contributed by atoms with Crippen molar-refractivity contribution in [3.63, 3.8) is 0 Å². The lowest BCUT2D eigenvalue weighted by molar-refractivity contribution is 0.0934. The fourth-order valence-electron chi connectivity index (χ4n) is 1.83. The van der Waals surface area contributed by atoms with Crippen LogP contribution in [0.15, 0.2) is 36.5 Å². The number of nitrogens with one attached hydrogen (secondary N) is 1. The average molecular weight is 258 g/mol. The number of rotatable bonds is 4. The quantitative estimate of drug-likeness (QED) is 0.870. The number of carbonyl (C=O) groups excluding carboxylic acids is 1. The minimum Gasteiger partial charge on any atom is -0.344 e. The highest BCUT2D eigenvalue weighted by atomic mass is 16.2. The first-order valence-electron chi connectivity index (χ1n) is 6.19. The van der Waals surface area contributed by atoms with Crippen molar-refractivity contribution in [2.24, 2.45) is 12.8 Å². The first kappa shape index (κ1) is 13.3. The molecule has 2 aromatic rings. The van der Waals surface area contributed by atoms with E-state index in [1.165, 1.54) is 0 Å². The molecule has 0 aliphatic rings. The Labute approximate surface area is 112 Å². The van der Waals surface area contributed by atoms with E-state index in [9.17, 15) is 4.79 Å². The van der Waals surface area contributed by atoms with Crippen molar-refractivity contribution in [1.82, 2.24) is 15.1 Å². The Morgan fingerprint density at radius 2 is 2.05 bits per heavy atom. The van der Waals surface area contributed by atoms with Gasteiger partial charge in [-0.1, -0.05) is 24.3 Å². The number of benzene rings is 1. The molecule has 0 fully saturated rings. The Morgan fingerprint density at radius 1 is 1.37 bits per heavy atom. The largest absolute Gasteiger partial charge is 0.344 e. The molecule has 0 saturated heterocycles. The third-order valence-corrected chi connectivity index (χ3v) is 3.01. The van der Waals surface area contributed by atoms with Crippen molar-refractivity contribution < 1.29 is 4.79 Å². The van der Waals surface area contributed by atoms with Crippen LogP contribution < -0.4 is 11.1 Å². The van der Waals surface area contributed by atoms with E-state index >= 15 is 0 Å². The van der Waals surface area contributed by atoms with Gasteiger partial charge in [0.2, 0.25) is 0 Å². The first-order chi connectivity index (χ1) is 9.10. The summed E-state index contributed by atoms with van der Waals surface area (Å²) in [6.45, 7) is 2.47. The van der Waals surface area contributed by atoms with Crippen LogP contribution in [0.4, 0.5) is 0 Å². The second-order valence-corrected chi connectivity index (χ2v) is 4.52. The molecule has 0 aliphatic heterocycles. The molecule has 2 rings (SSSR count). The highest BCUT2D eigenvalue weighted by molar-refractivity contribution is 5.92. The number of nitrogens with two attached hydrogens (primary N) is 1. The molecular formula is C14H18N4O.